The van der Waals surface area contributed by atoms with Gasteiger partial charge >= 0.3 is 0 Å². The van der Waals surface area contributed by atoms with Crippen LogP contribution in [-0.2, 0) is 9.47 Å². The minimum Gasteiger partial charge on any atom is -0.353 e. The molecule has 510 valence electrons. The highest BCUT2D eigenvalue weighted by atomic mass is 16.7. The first-order chi connectivity index (χ1) is 45.5. The molecule has 0 N–H and O–H groups in total. The van der Waals surface area contributed by atoms with Gasteiger partial charge in [-0.1, -0.05) is 19.1 Å². The first-order valence-electron chi connectivity index (χ1n) is 31.3. The molecule has 0 aliphatic carbocycles. The van der Waals surface area contributed by atoms with Gasteiger partial charge in [-0.15, -0.1) is 0 Å². The minimum absolute atomic E-state index is 0.0196. The monoisotopic (exact) mass is 1300 g/mol. The zero-order valence-corrected chi connectivity index (χ0v) is 61.2. The van der Waals surface area contributed by atoms with Gasteiger partial charge in [0, 0.05) is 127 Å². The lowest BCUT2D eigenvalue weighted by Gasteiger charge is -2.24. The van der Waals surface area contributed by atoms with Gasteiger partial charge in [-0.2, -0.15) is 0 Å². The maximum atomic E-state index is 5.17. The summed E-state index contributed by atoms with van der Waals surface area (Å²) < 4.78 is 10.3. The first kappa shape index (κ1) is 84.0. The molecule has 1 saturated heterocycles. The lowest BCUT2D eigenvalue weighted by Crippen LogP contribution is -2.27. The summed E-state index contributed by atoms with van der Waals surface area (Å²) in [7, 11) is 0. The first-order valence-corrected chi connectivity index (χ1v) is 31.3. The fraction of sp³-hybridized carbons (Fsp3) is 0.378. The predicted octanol–water partition coefficient (Wildman–Crippen LogP) is 14.3. The van der Waals surface area contributed by atoms with E-state index in [9.17, 15) is 0 Å². The van der Waals surface area contributed by atoms with Gasteiger partial charge in [-0.05, 0) is 223 Å². The standard InChI is InChI=1S/3C7H9N.7C6H8N2.C6H12O2.C5H7N3/c1-6-3-4-8-7(2)5-6;1-6-3-4-7(2)8-5-6;1-6-4-3-5-8-7(6)2;2*1-5-3-8-6(2)4-7-5;1-5-3-7-4-6(2)8-5;2*1-5-3-7-6(2)8-4-5;2*1-5-3-4-7-6(2)8-5;1-5-3-7-6(2)8-4-5;1-4-6-3-7-5(2)8-4/h3*3-5H,1-2H3;7*3-4H,1-2H3;5-6H,3-4H2,1-2H3;3H,1-2H3. The van der Waals surface area contributed by atoms with Crippen molar-refractivity contribution in [2.75, 3.05) is 13.2 Å². The van der Waals surface area contributed by atoms with Crippen LogP contribution in [0, 0.1) is 158 Å². The van der Waals surface area contributed by atoms with E-state index >= 15 is 0 Å². The number of pyridine rings is 3. The SMILES string of the molecule is CC1COC(C)OC1.Cc1ccc(C)nc1.Cc1cccnc1C.Cc1ccnc(C)c1.Cc1ccnc(C)n1.Cc1ccnc(C)n1.Cc1cnc(C)cn1.Cc1cnc(C)cn1.Cc1cnc(C)nc1.Cc1cnc(C)nc1.Cc1cncc(C)n1.Cc1ncnc(C)n1. The van der Waals surface area contributed by atoms with Crippen LogP contribution >= 0.6 is 0 Å². The molecule has 22 heteroatoms. The third kappa shape index (κ3) is 46.9. The Kier molecular flexibility index (Phi) is 43.3. The summed E-state index contributed by atoms with van der Waals surface area (Å²) in [5, 5.41) is 0. The number of rotatable bonds is 0. The summed E-state index contributed by atoms with van der Waals surface area (Å²) >= 11 is 0. The zero-order valence-electron chi connectivity index (χ0n) is 61.2. The van der Waals surface area contributed by atoms with Gasteiger partial charge in [-0.3, -0.25) is 44.9 Å². The maximum Gasteiger partial charge on any atom is 0.154 e. The molecular formula is C74H102N20O2. The van der Waals surface area contributed by atoms with Crippen molar-refractivity contribution in [1.29, 1.82) is 0 Å². The Morgan fingerprint density at radius 1 is 0.281 bits per heavy atom. The summed E-state index contributed by atoms with van der Waals surface area (Å²) in [4.78, 5) is 79.7. The van der Waals surface area contributed by atoms with E-state index in [1.807, 2.05) is 219 Å². The predicted molar refractivity (Wildman–Crippen MR) is 382 cm³/mol. The third-order valence-corrected chi connectivity index (χ3v) is 11.8. The van der Waals surface area contributed by atoms with Crippen LogP contribution < -0.4 is 0 Å². The number of aryl methyl sites for hydroxylation is 22. The highest BCUT2D eigenvalue weighted by Crippen LogP contribution is 2.09. The van der Waals surface area contributed by atoms with Gasteiger partial charge in [0.1, 0.15) is 41.3 Å². The number of hydrogen-bond acceptors (Lipinski definition) is 22. The lowest BCUT2D eigenvalue weighted by molar-refractivity contribution is -0.187. The second kappa shape index (κ2) is 49.5. The molecule has 1 fully saturated rings. The highest BCUT2D eigenvalue weighted by Gasteiger charge is 2.13. The molecule has 0 radical (unpaired) electrons. The van der Waals surface area contributed by atoms with Crippen molar-refractivity contribution in [1.82, 2.24) is 99.7 Å². The Labute approximate surface area is 571 Å². The number of hydrogen-bond donors (Lipinski definition) is 0. The molecule has 1 aliphatic heterocycles. The molecule has 12 heterocycles. The molecule has 0 atom stereocenters. The van der Waals surface area contributed by atoms with E-state index in [1.165, 1.54) is 23.0 Å². The fourth-order valence-corrected chi connectivity index (χ4v) is 6.54. The number of nitrogens with zero attached hydrogens (tertiary/aromatic N) is 20. The van der Waals surface area contributed by atoms with Crippen molar-refractivity contribution in [3.05, 3.63) is 273 Å². The van der Waals surface area contributed by atoms with Crippen molar-refractivity contribution in [2.24, 2.45) is 5.92 Å². The van der Waals surface area contributed by atoms with Crippen molar-refractivity contribution in [3.8, 4) is 0 Å². The van der Waals surface area contributed by atoms with E-state index in [1.54, 1.807) is 49.6 Å². The molecule has 11 aromatic heterocycles. The third-order valence-electron chi connectivity index (χ3n) is 11.8. The smallest absolute Gasteiger partial charge is 0.154 e. The summed E-state index contributed by atoms with van der Waals surface area (Å²) in [5.74, 6) is 5.46. The van der Waals surface area contributed by atoms with Gasteiger partial charge in [0.05, 0.1) is 47.4 Å². The van der Waals surface area contributed by atoms with Crippen molar-refractivity contribution < 1.29 is 9.47 Å². The Morgan fingerprint density at radius 2 is 0.688 bits per heavy atom. The summed E-state index contributed by atoms with van der Waals surface area (Å²) in [5.41, 5.74) is 17.1. The molecule has 12 rings (SSSR count). The number of ether oxygens (including phenoxy) is 2. The van der Waals surface area contributed by atoms with Crippen LogP contribution in [0.3, 0.4) is 0 Å². The van der Waals surface area contributed by atoms with Crippen LogP contribution in [0.25, 0.3) is 0 Å². The molecular weight excluding hydrogens is 1200 g/mol. The van der Waals surface area contributed by atoms with Crippen molar-refractivity contribution in [3.63, 3.8) is 0 Å². The fourth-order valence-electron chi connectivity index (χ4n) is 6.54. The Bertz CT molecular complexity index is 3050. The van der Waals surface area contributed by atoms with E-state index in [0.29, 0.717) is 5.92 Å². The van der Waals surface area contributed by atoms with Crippen LogP contribution in [-0.4, -0.2) is 119 Å². The normalized spacial score (nSPS) is 11.8. The van der Waals surface area contributed by atoms with Gasteiger partial charge in [0.2, 0.25) is 0 Å². The molecule has 0 unspecified atom stereocenters. The molecule has 96 heavy (non-hydrogen) atoms. The molecule has 11 aromatic rings. The largest absolute Gasteiger partial charge is 0.353 e. The molecule has 0 bridgehead atoms. The van der Waals surface area contributed by atoms with E-state index in [-0.39, 0.29) is 6.29 Å². The molecule has 1 aliphatic rings. The molecule has 0 amide bonds. The van der Waals surface area contributed by atoms with E-state index in [4.69, 9.17) is 9.47 Å². The van der Waals surface area contributed by atoms with Gasteiger partial charge in [-0.25, -0.2) is 54.8 Å². The second-order valence-electron chi connectivity index (χ2n) is 22.3. The number of aromatic nitrogens is 20. The van der Waals surface area contributed by atoms with Crippen LogP contribution in [0.15, 0.2) is 148 Å². The van der Waals surface area contributed by atoms with Crippen LogP contribution in [0.1, 0.15) is 139 Å². The van der Waals surface area contributed by atoms with Crippen LogP contribution in [0.4, 0.5) is 0 Å². The summed E-state index contributed by atoms with van der Waals surface area (Å²) in [6.45, 7) is 48.5. The maximum absolute atomic E-state index is 5.17. The van der Waals surface area contributed by atoms with Crippen LogP contribution in [0.2, 0.25) is 0 Å². The summed E-state index contributed by atoms with van der Waals surface area (Å²) in [6.07, 6.45) is 28.3. The van der Waals surface area contributed by atoms with Crippen molar-refractivity contribution in [2.45, 2.75) is 172 Å². The van der Waals surface area contributed by atoms with Crippen molar-refractivity contribution >= 4 is 0 Å². The van der Waals surface area contributed by atoms with Gasteiger partial charge < -0.3 is 9.47 Å². The van der Waals surface area contributed by atoms with Crippen LogP contribution in [0.5, 0.6) is 0 Å². The second-order valence-corrected chi connectivity index (χ2v) is 22.3. The Morgan fingerprint density at radius 3 is 0.938 bits per heavy atom. The zero-order chi connectivity index (χ0) is 71.8. The molecule has 0 aromatic carbocycles. The molecule has 0 spiro atoms. The van der Waals surface area contributed by atoms with Gasteiger partial charge in [0.15, 0.2) is 6.29 Å². The van der Waals surface area contributed by atoms with E-state index in [2.05, 4.69) is 139 Å². The summed E-state index contributed by atoms with van der Waals surface area (Å²) in [6, 6.07) is 15.9. The van der Waals surface area contributed by atoms with E-state index in [0.717, 1.165) is 122 Å². The Hall–Kier alpha value is -10.1. The van der Waals surface area contributed by atoms with Gasteiger partial charge in [0.25, 0.3) is 0 Å². The average Bonchev–Trinajstić information content (AvgIpc) is 3.75. The average molecular weight is 1300 g/mol. The quantitative estimate of drug-likeness (QED) is 0.136. The lowest BCUT2D eigenvalue weighted by atomic mass is 10.2. The topological polar surface area (TPSA) is 276 Å². The Balaban J connectivity index is 0.000000524. The van der Waals surface area contributed by atoms with E-state index < -0.39 is 0 Å². The molecule has 0 saturated carbocycles. The highest BCUT2D eigenvalue weighted by molar-refractivity contribution is 5.16. The minimum atomic E-state index is 0.0196. The molecule has 22 nitrogen and oxygen atoms in total.